The number of benzene rings is 1. The van der Waals surface area contributed by atoms with Crippen LogP contribution in [0, 0.1) is 0 Å². The third-order valence-corrected chi connectivity index (χ3v) is 4.16. The summed E-state index contributed by atoms with van der Waals surface area (Å²) in [6.07, 6.45) is 2.46. The van der Waals surface area contributed by atoms with Crippen LogP contribution >= 0.6 is 15.9 Å². The van der Waals surface area contributed by atoms with Crippen LogP contribution in [0.1, 0.15) is 16.1 Å². The van der Waals surface area contributed by atoms with Gasteiger partial charge in [-0.05, 0) is 18.2 Å². The molecule has 7 heteroatoms. The molecule has 1 N–H and O–H groups in total. The molecule has 0 amide bonds. The van der Waals surface area contributed by atoms with Gasteiger partial charge in [-0.3, -0.25) is 4.21 Å². The molecule has 1 aromatic carbocycles. The van der Waals surface area contributed by atoms with Gasteiger partial charge in [0, 0.05) is 15.6 Å². The van der Waals surface area contributed by atoms with E-state index in [4.69, 9.17) is 5.11 Å². The number of aromatic carboxylic acids is 1. The standard InChI is InChI=1S/C12H9BrN2O3S/c13-8-2-1-3-9(4-8)19(18)6-11-10(12(16)17)5-14-7-15-11/h1-5,7H,6H2,(H,16,17). The van der Waals surface area contributed by atoms with E-state index < -0.39 is 16.8 Å². The Morgan fingerprint density at radius 3 is 2.89 bits per heavy atom. The van der Waals surface area contributed by atoms with E-state index in [1.54, 1.807) is 18.2 Å². The Kier molecular flexibility index (Phi) is 4.39. The Balaban J connectivity index is 2.27. The Hall–Kier alpha value is -1.60. The molecule has 0 aliphatic carbocycles. The number of hydrogen-bond donors (Lipinski definition) is 1. The highest BCUT2D eigenvalue weighted by molar-refractivity contribution is 9.10. The van der Waals surface area contributed by atoms with E-state index in [1.165, 1.54) is 12.5 Å². The average molecular weight is 341 g/mol. The molecule has 0 fully saturated rings. The Morgan fingerprint density at radius 2 is 2.21 bits per heavy atom. The molecular weight excluding hydrogens is 332 g/mol. The van der Waals surface area contributed by atoms with Crippen molar-refractivity contribution >= 4 is 32.7 Å². The fraction of sp³-hybridized carbons (Fsp3) is 0.0833. The fourth-order valence-corrected chi connectivity index (χ4v) is 3.15. The monoisotopic (exact) mass is 340 g/mol. The topological polar surface area (TPSA) is 80.2 Å². The highest BCUT2D eigenvalue weighted by Gasteiger charge is 2.15. The van der Waals surface area contributed by atoms with Crippen LogP contribution in [0.3, 0.4) is 0 Å². The molecule has 0 spiro atoms. The maximum atomic E-state index is 12.2. The highest BCUT2D eigenvalue weighted by atomic mass is 79.9. The smallest absolute Gasteiger partial charge is 0.339 e. The molecule has 1 aromatic heterocycles. The molecular formula is C12H9BrN2O3S. The number of halogens is 1. The molecule has 1 atom stereocenters. The Labute approximate surface area is 120 Å². The highest BCUT2D eigenvalue weighted by Crippen LogP contribution is 2.17. The van der Waals surface area contributed by atoms with Crippen molar-refractivity contribution in [1.29, 1.82) is 0 Å². The summed E-state index contributed by atoms with van der Waals surface area (Å²) in [5, 5.41) is 9.01. The van der Waals surface area contributed by atoms with Crippen molar-refractivity contribution < 1.29 is 14.1 Å². The van der Waals surface area contributed by atoms with Crippen molar-refractivity contribution in [1.82, 2.24) is 9.97 Å². The number of carbonyl (C=O) groups is 1. The van der Waals surface area contributed by atoms with E-state index in [2.05, 4.69) is 25.9 Å². The van der Waals surface area contributed by atoms with E-state index in [-0.39, 0.29) is 17.0 Å². The van der Waals surface area contributed by atoms with Gasteiger partial charge in [0.25, 0.3) is 0 Å². The lowest BCUT2D eigenvalue weighted by atomic mass is 10.2. The molecule has 2 aromatic rings. The van der Waals surface area contributed by atoms with E-state index in [0.717, 1.165) is 4.47 Å². The second-order valence-corrected chi connectivity index (χ2v) is 6.00. The zero-order chi connectivity index (χ0) is 13.8. The summed E-state index contributed by atoms with van der Waals surface area (Å²) < 4.78 is 13.0. The lowest BCUT2D eigenvalue weighted by Gasteiger charge is -2.05. The van der Waals surface area contributed by atoms with Gasteiger partial charge in [0.2, 0.25) is 0 Å². The van der Waals surface area contributed by atoms with Gasteiger partial charge >= 0.3 is 5.97 Å². The van der Waals surface area contributed by atoms with Crippen LogP contribution in [0.2, 0.25) is 0 Å². The second-order valence-electron chi connectivity index (χ2n) is 3.64. The van der Waals surface area contributed by atoms with Gasteiger partial charge in [0.05, 0.1) is 22.2 Å². The molecule has 2 rings (SSSR count). The molecule has 1 heterocycles. The molecule has 0 radical (unpaired) electrons. The van der Waals surface area contributed by atoms with Crippen LogP contribution in [0.5, 0.6) is 0 Å². The second kappa shape index (κ2) is 6.03. The van der Waals surface area contributed by atoms with Gasteiger partial charge in [-0.2, -0.15) is 0 Å². The maximum Gasteiger partial charge on any atom is 0.339 e. The van der Waals surface area contributed by atoms with Gasteiger partial charge in [0.1, 0.15) is 11.9 Å². The van der Waals surface area contributed by atoms with Crippen LogP contribution in [0.4, 0.5) is 0 Å². The van der Waals surface area contributed by atoms with Crippen molar-refractivity contribution in [2.45, 2.75) is 10.6 Å². The first kappa shape index (κ1) is 13.8. The quantitative estimate of drug-likeness (QED) is 0.923. The van der Waals surface area contributed by atoms with Crippen LogP contribution < -0.4 is 0 Å². The number of carboxylic acid groups (broad SMARTS) is 1. The molecule has 5 nitrogen and oxygen atoms in total. The molecule has 0 aliphatic heterocycles. The number of rotatable bonds is 4. The SMILES string of the molecule is O=C(O)c1cncnc1CS(=O)c1cccc(Br)c1. The molecule has 0 aliphatic rings. The third-order valence-electron chi connectivity index (χ3n) is 2.35. The lowest BCUT2D eigenvalue weighted by Crippen LogP contribution is -2.08. The van der Waals surface area contributed by atoms with Crippen LogP contribution in [0.25, 0.3) is 0 Å². The van der Waals surface area contributed by atoms with E-state index >= 15 is 0 Å². The maximum absolute atomic E-state index is 12.2. The van der Waals surface area contributed by atoms with Gasteiger partial charge in [-0.15, -0.1) is 0 Å². The number of carboxylic acids is 1. The zero-order valence-electron chi connectivity index (χ0n) is 9.62. The minimum atomic E-state index is -1.36. The van der Waals surface area contributed by atoms with Crippen molar-refractivity contribution in [2.75, 3.05) is 0 Å². The normalized spacial score (nSPS) is 12.1. The van der Waals surface area contributed by atoms with E-state index in [9.17, 15) is 9.00 Å². The molecule has 1 unspecified atom stereocenters. The Morgan fingerprint density at radius 1 is 1.42 bits per heavy atom. The van der Waals surface area contributed by atoms with Crippen molar-refractivity contribution in [3.63, 3.8) is 0 Å². The molecule has 0 bridgehead atoms. The number of aromatic nitrogens is 2. The first-order valence-corrected chi connectivity index (χ1v) is 7.35. The summed E-state index contributed by atoms with van der Waals surface area (Å²) in [4.78, 5) is 19.2. The molecule has 0 saturated carbocycles. The van der Waals surface area contributed by atoms with E-state index in [0.29, 0.717) is 4.90 Å². The first-order valence-electron chi connectivity index (χ1n) is 5.24. The van der Waals surface area contributed by atoms with Crippen LogP contribution in [-0.4, -0.2) is 25.3 Å². The predicted molar refractivity (Wildman–Crippen MR) is 73.2 cm³/mol. The summed E-state index contributed by atoms with van der Waals surface area (Å²) >= 11 is 3.30. The number of nitrogens with zero attached hydrogens (tertiary/aromatic N) is 2. The summed E-state index contributed by atoms with van der Waals surface area (Å²) in [6, 6.07) is 7.06. The zero-order valence-corrected chi connectivity index (χ0v) is 12.0. The van der Waals surface area contributed by atoms with E-state index in [1.807, 2.05) is 6.07 Å². The van der Waals surface area contributed by atoms with Crippen molar-refractivity contribution in [2.24, 2.45) is 0 Å². The van der Waals surface area contributed by atoms with Gasteiger partial charge < -0.3 is 5.11 Å². The summed E-state index contributed by atoms with van der Waals surface area (Å²) in [5.74, 6) is -1.08. The summed E-state index contributed by atoms with van der Waals surface area (Å²) in [7, 11) is -1.36. The minimum absolute atomic E-state index is 0.0224. The molecule has 19 heavy (non-hydrogen) atoms. The predicted octanol–water partition coefficient (Wildman–Crippen LogP) is 2.25. The third kappa shape index (κ3) is 3.45. The Bertz CT molecular complexity index is 648. The first-order chi connectivity index (χ1) is 9.08. The van der Waals surface area contributed by atoms with Crippen LogP contribution in [0.15, 0.2) is 46.2 Å². The van der Waals surface area contributed by atoms with Gasteiger partial charge in [0.15, 0.2) is 0 Å². The number of hydrogen-bond acceptors (Lipinski definition) is 4. The molecule has 98 valence electrons. The molecule has 0 saturated heterocycles. The lowest BCUT2D eigenvalue weighted by molar-refractivity contribution is 0.0695. The largest absolute Gasteiger partial charge is 0.478 e. The van der Waals surface area contributed by atoms with Gasteiger partial charge in [-0.25, -0.2) is 14.8 Å². The van der Waals surface area contributed by atoms with Gasteiger partial charge in [-0.1, -0.05) is 22.0 Å². The summed E-state index contributed by atoms with van der Waals surface area (Å²) in [5.41, 5.74) is 0.242. The summed E-state index contributed by atoms with van der Waals surface area (Å²) in [6.45, 7) is 0. The average Bonchev–Trinajstić information content (AvgIpc) is 2.39. The van der Waals surface area contributed by atoms with Crippen molar-refractivity contribution in [3.8, 4) is 0 Å². The fourth-order valence-electron chi connectivity index (χ4n) is 1.46. The van der Waals surface area contributed by atoms with Crippen LogP contribution in [-0.2, 0) is 16.6 Å². The van der Waals surface area contributed by atoms with Crippen molar-refractivity contribution in [3.05, 3.63) is 52.5 Å². The minimum Gasteiger partial charge on any atom is -0.478 e.